The minimum Gasteiger partial charge on any atom is -0.494 e. The maximum atomic E-state index is 13.1. The Labute approximate surface area is 225 Å². The van der Waals surface area contributed by atoms with Gasteiger partial charge < -0.3 is 14.8 Å². The molecule has 1 aromatic heterocycles. The molecule has 1 unspecified atom stereocenters. The molecule has 2 N–H and O–H groups in total. The van der Waals surface area contributed by atoms with Gasteiger partial charge in [0, 0.05) is 36.3 Å². The van der Waals surface area contributed by atoms with E-state index in [2.05, 4.69) is 28.9 Å². The van der Waals surface area contributed by atoms with Crippen molar-refractivity contribution in [2.75, 3.05) is 13.2 Å². The first-order chi connectivity index (χ1) is 17.6. The van der Waals surface area contributed by atoms with E-state index in [1.165, 1.54) is 11.3 Å². The van der Waals surface area contributed by atoms with Gasteiger partial charge in [0.05, 0.1) is 27.5 Å². The standard InChI is InChI=1S/C27H41N3O5S2/c1-6-19(5)14-15-34-22-12-13-23(25(16-22)37(32,33)29-7-2)24-17-28-26(36-24)20-8-10-21(11-9-20)30-27(31)35-18(3)4/h12-13,16-21,29H,6-11,14-15H2,1-5H3,(H,30,31). The molecule has 2 aromatic rings. The van der Waals surface area contributed by atoms with E-state index in [0.29, 0.717) is 30.4 Å². The van der Waals surface area contributed by atoms with Crippen LogP contribution in [-0.4, -0.2) is 44.8 Å². The predicted octanol–water partition coefficient (Wildman–Crippen LogP) is 6.08. The third-order valence-corrected chi connectivity index (χ3v) is 9.46. The predicted molar refractivity (Wildman–Crippen MR) is 148 cm³/mol. The Hall–Kier alpha value is -2.17. The van der Waals surface area contributed by atoms with E-state index in [0.717, 1.165) is 48.4 Å². The number of hydrogen-bond donors (Lipinski definition) is 2. The molecule has 1 atom stereocenters. The number of nitrogens with zero attached hydrogens (tertiary/aromatic N) is 1. The zero-order valence-electron chi connectivity index (χ0n) is 22.6. The summed E-state index contributed by atoms with van der Waals surface area (Å²) in [5.74, 6) is 1.39. The fourth-order valence-corrected chi connectivity index (χ4v) is 6.83. The van der Waals surface area contributed by atoms with Crippen molar-refractivity contribution in [3.63, 3.8) is 0 Å². The molecule has 1 fully saturated rings. The minimum atomic E-state index is -3.70. The number of carbonyl (C=O) groups excluding carboxylic acids is 1. The fraction of sp³-hybridized carbons (Fsp3) is 0.630. The number of thiazole rings is 1. The Bertz CT molecular complexity index is 1120. The SMILES string of the molecule is CCNS(=O)(=O)c1cc(OCCC(C)CC)ccc1-c1cnc(C2CCC(NC(=O)OC(C)C)CC2)s1. The monoisotopic (exact) mass is 551 g/mol. The first-order valence-electron chi connectivity index (χ1n) is 13.3. The highest BCUT2D eigenvalue weighted by molar-refractivity contribution is 7.89. The van der Waals surface area contributed by atoms with Gasteiger partial charge in [0.2, 0.25) is 10.0 Å². The maximum Gasteiger partial charge on any atom is 0.407 e. The van der Waals surface area contributed by atoms with Gasteiger partial charge in [-0.3, -0.25) is 0 Å². The molecule has 0 bridgehead atoms. The molecule has 1 saturated carbocycles. The Morgan fingerprint density at radius 2 is 1.89 bits per heavy atom. The zero-order valence-corrected chi connectivity index (χ0v) is 24.2. The highest BCUT2D eigenvalue weighted by Crippen LogP contribution is 2.40. The van der Waals surface area contributed by atoms with Crippen LogP contribution in [0.25, 0.3) is 10.4 Å². The van der Waals surface area contributed by atoms with Gasteiger partial charge in [-0.05, 0) is 64.0 Å². The van der Waals surface area contributed by atoms with E-state index in [1.807, 2.05) is 26.0 Å². The largest absolute Gasteiger partial charge is 0.494 e. The Morgan fingerprint density at radius 1 is 1.16 bits per heavy atom. The lowest BCUT2D eigenvalue weighted by atomic mass is 9.86. The van der Waals surface area contributed by atoms with Gasteiger partial charge in [-0.25, -0.2) is 22.9 Å². The van der Waals surface area contributed by atoms with Crippen LogP contribution in [0.15, 0.2) is 29.3 Å². The van der Waals surface area contributed by atoms with Gasteiger partial charge in [0.15, 0.2) is 0 Å². The van der Waals surface area contributed by atoms with Crippen LogP contribution in [0.4, 0.5) is 4.79 Å². The highest BCUT2D eigenvalue weighted by atomic mass is 32.2. The third kappa shape index (κ3) is 8.41. The van der Waals surface area contributed by atoms with E-state index in [-0.39, 0.29) is 29.1 Å². The molecule has 1 aliphatic rings. The topological polar surface area (TPSA) is 107 Å². The summed E-state index contributed by atoms with van der Waals surface area (Å²) in [7, 11) is -3.70. The molecule has 0 aliphatic heterocycles. The van der Waals surface area contributed by atoms with Crippen molar-refractivity contribution in [2.45, 2.75) is 96.1 Å². The van der Waals surface area contributed by atoms with E-state index in [9.17, 15) is 13.2 Å². The van der Waals surface area contributed by atoms with Crippen molar-refractivity contribution in [1.29, 1.82) is 0 Å². The number of amides is 1. The molecule has 1 amide bonds. The summed E-state index contributed by atoms with van der Waals surface area (Å²) < 4.78 is 39.9. The van der Waals surface area contributed by atoms with Gasteiger partial charge in [0.25, 0.3) is 0 Å². The molecule has 206 valence electrons. The summed E-state index contributed by atoms with van der Waals surface area (Å²) in [4.78, 5) is 17.6. The number of benzene rings is 1. The number of nitrogens with one attached hydrogen (secondary N) is 2. The summed E-state index contributed by atoms with van der Waals surface area (Å²) >= 11 is 1.54. The number of ether oxygens (including phenoxy) is 2. The second-order valence-corrected chi connectivity index (χ2v) is 12.8. The molecule has 1 aromatic carbocycles. The van der Waals surface area contributed by atoms with E-state index in [4.69, 9.17) is 9.47 Å². The number of rotatable bonds is 12. The second kappa shape index (κ2) is 13.6. The number of sulfonamides is 1. The van der Waals surface area contributed by atoms with Crippen LogP contribution in [0.5, 0.6) is 5.75 Å². The van der Waals surface area contributed by atoms with Crippen LogP contribution < -0.4 is 14.8 Å². The van der Waals surface area contributed by atoms with Gasteiger partial charge >= 0.3 is 6.09 Å². The van der Waals surface area contributed by atoms with Crippen molar-refractivity contribution in [2.24, 2.45) is 5.92 Å². The number of hydrogen-bond acceptors (Lipinski definition) is 7. The number of aromatic nitrogens is 1. The molecule has 3 rings (SSSR count). The van der Waals surface area contributed by atoms with Crippen LogP contribution in [0.2, 0.25) is 0 Å². The van der Waals surface area contributed by atoms with Crippen molar-refractivity contribution in [3.05, 3.63) is 29.4 Å². The summed E-state index contributed by atoms with van der Waals surface area (Å²) in [6.07, 6.45) is 6.80. The molecular formula is C27H41N3O5S2. The van der Waals surface area contributed by atoms with E-state index >= 15 is 0 Å². The maximum absolute atomic E-state index is 13.1. The van der Waals surface area contributed by atoms with Gasteiger partial charge in [-0.15, -0.1) is 11.3 Å². The average molecular weight is 552 g/mol. The lowest BCUT2D eigenvalue weighted by Gasteiger charge is -2.28. The zero-order chi connectivity index (χ0) is 27.0. The lowest BCUT2D eigenvalue weighted by molar-refractivity contribution is 0.109. The van der Waals surface area contributed by atoms with Crippen molar-refractivity contribution < 1.29 is 22.7 Å². The third-order valence-electron chi connectivity index (χ3n) is 6.68. The molecule has 10 heteroatoms. The number of alkyl carbamates (subject to hydrolysis) is 1. The summed E-state index contributed by atoms with van der Waals surface area (Å²) in [5, 5.41) is 3.95. The molecule has 37 heavy (non-hydrogen) atoms. The van der Waals surface area contributed by atoms with Crippen LogP contribution >= 0.6 is 11.3 Å². The number of carbonyl (C=O) groups is 1. The van der Waals surface area contributed by atoms with E-state index in [1.54, 1.807) is 19.2 Å². The molecular weight excluding hydrogens is 510 g/mol. The molecule has 1 heterocycles. The highest BCUT2D eigenvalue weighted by Gasteiger charge is 2.27. The average Bonchev–Trinajstić information content (AvgIpc) is 3.34. The van der Waals surface area contributed by atoms with Gasteiger partial charge in [-0.2, -0.15) is 0 Å². The van der Waals surface area contributed by atoms with Crippen LogP contribution in [0.1, 0.15) is 84.1 Å². The Balaban J connectivity index is 1.73. The fourth-order valence-electron chi connectivity index (χ4n) is 4.37. The normalized spacial score (nSPS) is 19.0. The molecule has 0 saturated heterocycles. The van der Waals surface area contributed by atoms with Crippen LogP contribution in [-0.2, 0) is 14.8 Å². The minimum absolute atomic E-state index is 0.103. The van der Waals surface area contributed by atoms with Gasteiger partial charge in [-0.1, -0.05) is 27.2 Å². The first-order valence-corrected chi connectivity index (χ1v) is 15.6. The van der Waals surface area contributed by atoms with Crippen molar-refractivity contribution in [3.8, 4) is 16.2 Å². The van der Waals surface area contributed by atoms with Crippen LogP contribution in [0.3, 0.4) is 0 Å². The smallest absolute Gasteiger partial charge is 0.407 e. The van der Waals surface area contributed by atoms with E-state index < -0.39 is 10.0 Å². The molecule has 0 radical (unpaired) electrons. The lowest BCUT2D eigenvalue weighted by Crippen LogP contribution is -2.38. The summed E-state index contributed by atoms with van der Waals surface area (Å²) in [6, 6.07) is 5.38. The first kappa shape index (κ1) is 29.4. The van der Waals surface area contributed by atoms with Crippen molar-refractivity contribution in [1.82, 2.24) is 15.0 Å². The Kier molecular flexibility index (Phi) is 10.8. The second-order valence-electron chi connectivity index (χ2n) is 10.0. The Morgan fingerprint density at radius 3 is 2.54 bits per heavy atom. The summed E-state index contributed by atoms with van der Waals surface area (Å²) in [6.45, 7) is 10.6. The molecule has 8 nitrogen and oxygen atoms in total. The molecule has 0 spiro atoms. The van der Waals surface area contributed by atoms with Gasteiger partial charge in [0.1, 0.15) is 5.75 Å². The molecule has 1 aliphatic carbocycles. The quantitative estimate of drug-likeness (QED) is 0.331. The van der Waals surface area contributed by atoms with Crippen LogP contribution in [0, 0.1) is 5.92 Å². The summed E-state index contributed by atoms with van der Waals surface area (Å²) in [5.41, 5.74) is 0.630. The van der Waals surface area contributed by atoms with Crippen molar-refractivity contribution >= 4 is 27.5 Å².